The van der Waals surface area contributed by atoms with E-state index in [1.807, 2.05) is 6.07 Å². The van der Waals surface area contributed by atoms with Crippen LogP contribution in [0.25, 0.3) is 0 Å². The highest BCUT2D eigenvalue weighted by Gasteiger charge is 2.04. The van der Waals surface area contributed by atoms with Gasteiger partial charge in [-0.1, -0.05) is 29.8 Å². The highest BCUT2D eigenvalue weighted by molar-refractivity contribution is 5.29. The minimum atomic E-state index is 0.951. The number of hydrogen-bond acceptors (Lipinski definition) is 0. The van der Waals surface area contributed by atoms with Crippen molar-refractivity contribution in [3.8, 4) is 0 Å². The Hall–Kier alpha value is -1.63. The Labute approximate surface area is 91.0 Å². The van der Waals surface area contributed by atoms with E-state index in [2.05, 4.69) is 61.1 Å². The summed E-state index contributed by atoms with van der Waals surface area (Å²) in [6, 6.07) is 12.8. The molecule has 0 unspecified atom stereocenters. The lowest BCUT2D eigenvalue weighted by molar-refractivity contribution is -0.688. The van der Waals surface area contributed by atoms with Gasteiger partial charge in [0.1, 0.15) is 0 Å². The molecule has 0 bridgehead atoms. The molecular formula is C14H16N+. The highest BCUT2D eigenvalue weighted by atomic mass is 14.9. The third-order valence-corrected chi connectivity index (χ3v) is 2.63. The van der Waals surface area contributed by atoms with E-state index in [-0.39, 0.29) is 0 Å². The topological polar surface area (TPSA) is 3.88 Å². The minimum Gasteiger partial charge on any atom is -0.201 e. The first-order valence-electron chi connectivity index (χ1n) is 5.26. The van der Waals surface area contributed by atoms with Crippen LogP contribution in [0, 0.1) is 13.8 Å². The molecule has 0 fully saturated rings. The molecule has 0 aliphatic heterocycles. The summed E-state index contributed by atoms with van der Waals surface area (Å²) in [6.45, 7) is 5.26. The first-order chi connectivity index (χ1) is 7.25. The van der Waals surface area contributed by atoms with Gasteiger partial charge in [0, 0.05) is 17.7 Å². The van der Waals surface area contributed by atoms with Gasteiger partial charge in [0.15, 0.2) is 18.9 Å². The predicted octanol–water partition coefficient (Wildman–Crippen LogP) is 2.64. The molecule has 1 heteroatoms. The summed E-state index contributed by atoms with van der Waals surface area (Å²) in [5.41, 5.74) is 4.08. The molecule has 0 saturated carbocycles. The molecule has 0 N–H and O–H groups in total. The Bertz CT molecular complexity index is 446. The molecule has 2 rings (SSSR count). The van der Waals surface area contributed by atoms with E-state index in [1.165, 1.54) is 16.7 Å². The van der Waals surface area contributed by atoms with Crippen molar-refractivity contribution in [2.45, 2.75) is 20.4 Å². The van der Waals surface area contributed by atoms with Gasteiger partial charge in [-0.3, -0.25) is 0 Å². The second-order valence-corrected chi connectivity index (χ2v) is 3.98. The van der Waals surface area contributed by atoms with Gasteiger partial charge in [-0.05, 0) is 19.4 Å². The van der Waals surface area contributed by atoms with E-state index in [0.717, 1.165) is 6.54 Å². The fourth-order valence-electron chi connectivity index (χ4n) is 1.76. The van der Waals surface area contributed by atoms with Crippen LogP contribution < -0.4 is 4.57 Å². The number of aryl methyl sites for hydroxylation is 2. The van der Waals surface area contributed by atoms with Gasteiger partial charge in [0.05, 0.1) is 0 Å². The molecule has 2 aromatic rings. The molecule has 0 saturated heterocycles. The molecule has 1 heterocycles. The van der Waals surface area contributed by atoms with Gasteiger partial charge in [-0.25, -0.2) is 4.57 Å². The van der Waals surface area contributed by atoms with Crippen LogP contribution in [0.15, 0.2) is 48.8 Å². The molecule has 0 radical (unpaired) electrons. The quantitative estimate of drug-likeness (QED) is 0.653. The Morgan fingerprint density at radius 2 is 1.73 bits per heavy atom. The highest BCUT2D eigenvalue weighted by Crippen LogP contribution is 2.09. The maximum Gasteiger partial charge on any atom is 0.174 e. The molecular weight excluding hydrogens is 182 g/mol. The molecule has 1 aromatic carbocycles. The zero-order valence-electron chi connectivity index (χ0n) is 9.27. The summed E-state index contributed by atoms with van der Waals surface area (Å²) < 4.78 is 2.19. The summed E-state index contributed by atoms with van der Waals surface area (Å²) in [7, 11) is 0. The molecule has 0 aliphatic carbocycles. The van der Waals surface area contributed by atoms with E-state index in [4.69, 9.17) is 0 Å². The lowest BCUT2D eigenvalue weighted by Crippen LogP contribution is -2.33. The number of hydrogen-bond donors (Lipinski definition) is 0. The van der Waals surface area contributed by atoms with Gasteiger partial charge in [0.2, 0.25) is 0 Å². The second-order valence-electron chi connectivity index (χ2n) is 3.98. The first kappa shape index (κ1) is 9.91. The Balaban J connectivity index is 2.25. The molecule has 0 spiro atoms. The van der Waals surface area contributed by atoms with Crippen LogP contribution in [0.5, 0.6) is 0 Å². The molecule has 1 nitrogen and oxygen atoms in total. The van der Waals surface area contributed by atoms with Crippen LogP contribution in [0.2, 0.25) is 0 Å². The average Bonchev–Trinajstić information content (AvgIpc) is 2.24. The van der Waals surface area contributed by atoms with Crippen LogP contribution in [-0.2, 0) is 6.54 Å². The number of rotatable bonds is 2. The van der Waals surface area contributed by atoms with Crippen molar-refractivity contribution >= 4 is 0 Å². The van der Waals surface area contributed by atoms with Crippen molar-refractivity contribution in [3.63, 3.8) is 0 Å². The summed E-state index contributed by atoms with van der Waals surface area (Å²) in [6.07, 6.45) is 4.19. The number of pyridine rings is 1. The fraction of sp³-hybridized carbons (Fsp3) is 0.214. The fourth-order valence-corrected chi connectivity index (χ4v) is 1.76. The van der Waals surface area contributed by atoms with E-state index >= 15 is 0 Å². The van der Waals surface area contributed by atoms with Crippen molar-refractivity contribution < 1.29 is 4.57 Å². The smallest absolute Gasteiger partial charge is 0.174 e. The molecule has 1 aromatic heterocycles. The molecule has 0 aliphatic rings. The lowest BCUT2D eigenvalue weighted by Gasteiger charge is -2.03. The second kappa shape index (κ2) is 4.26. The van der Waals surface area contributed by atoms with Gasteiger partial charge < -0.3 is 0 Å². The van der Waals surface area contributed by atoms with Crippen LogP contribution in [-0.4, -0.2) is 0 Å². The monoisotopic (exact) mass is 198 g/mol. The third-order valence-electron chi connectivity index (χ3n) is 2.63. The van der Waals surface area contributed by atoms with Gasteiger partial charge in [-0.15, -0.1) is 0 Å². The van der Waals surface area contributed by atoms with Crippen molar-refractivity contribution in [1.29, 1.82) is 0 Å². The summed E-state index contributed by atoms with van der Waals surface area (Å²) >= 11 is 0. The number of aromatic nitrogens is 1. The van der Waals surface area contributed by atoms with Crippen molar-refractivity contribution in [1.82, 2.24) is 0 Å². The lowest BCUT2D eigenvalue weighted by atomic mass is 10.1. The first-order valence-corrected chi connectivity index (χ1v) is 5.26. The maximum absolute atomic E-state index is 2.23. The van der Waals surface area contributed by atoms with Crippen LogP contribution in [0.3, 0.4) is 0 Å². The van der Waals surface area contributed by atoms with Crippen molar-refractivity contribution in [2.75, 3.05) is 0 Å². The van der Waals surface area contributed by atoms with Gasteiger partial charge in [0.25, 0.3) is 0 Å². The number of nitrogens with zero attached hydrogens (tertiary/aromatic N) is 1. The maximum atomic E-state index is 2.23. The van der Waals surface area contributed by atoms with E-state index < -0.39 is 0 Å². The molecule has 76 valence electrons. The Morgan fingerprint density at radius 1 is 1.00 bits per heavy atom. The molecule has 0 atom stereocenters. The Morgan fingerprint density at radius 3 is 2.40 bits per heavy atom. The van der Waals surface area contributed by atoms with E-state index in [0.29, 0.717) is 0 Å². The zero-order chi connectivity index (χ0) is 10.7. The summed E-state index contributed by atoms with van der Waals surface area (Å²) in [4.78, 5) is 0. The predicted molar refractivity (Wildman–Crippen MR) is 61.7 cm³/mol. The van der Waals surface area contributed by atoms with Crippen LogP contribution in [0.4, 0.5) is 0 Å². The van der Waals surface area contributed by atoms with Crippen LogP contribution >= 0.6 is 0 Å². The summed E-state index contributed by atoms with van der Waals surface area (Å²) in [5.74, 6) is 0. The summed E-state index contributed by atoms with van der Waals surface area (Å²) in [5, 5.41) is 0. The Kier molecular flexibility index (Phi) is 2.82. The van der Waals surface area contributed by atoms with Crippen LogP contribution in [0.1, 0.15) is 16.7 Å². The zero-order valence-corrected chi connectivity index (χ0v) is 9.27. The third kappa shape index (κ3) is 2.44. The van der Waals surface area contributed by atoms with E-state index in [9.17, 15) is 0 Å². The molecule has 15 heavy (non-hydrogen) atoms. The number of benzene rings is 1. The van der Waals surface area contributed by atoms with Crippen molar-refractivity contribution in [2.24, 2.45) is 0 Å². The molecule has 0 amide bonds. The normalized spacial score (nSPS) is 10.3. The SMILES string of the molecule is Cc1ccc(C[n+]2ccccc2)c(C)c1. The van der Waals surface area contributed by atoms with Crippen molar-refractivity contribution in [3.05, 3.63) is 65.5 Å². The van der Waals surface area contributed by atoms with E-state index in [1.54, 1.807) is 0 Å². The average molecular weight is 198 g/mol. The minimum absolute atomic E-state index is 0.951. The van der Waals surface area contributed by atoms with Gasteiger partial charge >= 0.3 is 0 Å². The largest absolute Gasteiger partial charge is 0.201 e. The van der Waals surface area contributed by atoms with Gasteiger partial charge in [-0.2, -0.15) is 0 Å². The standard InChI is InChI=1S/C14H16N/c1-12-6-7-14(13(2)10-12)11-15-8-4-3-5-9-15/h3-10H,11H2,1-2H3/q+1.